The average Bonchev–Trinajstić information content (AvgIpc) is 2.26. The number of halogens is 1. The Labute approximate surface area is 106 Å². The maximum absolute atomic E-state index is 11.6. The van der Waals surface area contributed by atoms with Gasteiger partial charge in [-0.15, -0.1) is 0 Å². The van der Waals surface area contributed by atoms with Crippen molar-refractivity contribution in [1.82, 2.24) is 4.72 Å². The molecule has 0 atom stereocenters. The van der Waals surface area contributed by atoms with Crippen LogP contribution in [0.15, 0.2) is 27.6 Å². The van der Waals surface area contributed by atoms with Crippen LogP contribution in [-0.4, -0.2) is 32.6 Å². The molecule has 8 heteroatoms. The number of hydrogen-bond acceptors (Lipinski definition) is 5. The van der Waals surface area contributed by atoms with E-state index in [1.54, 1.807) is 0 Å². The van der Waals surface area contributed by atoms with Gasteiger partial charge in [-0.25, -0.2) is 13.1 Å². The van der Waals surface area contributed by atoms with E-state index in [1.807, 2.05) is 0 Å². The largest absolute Gasteiger partial charge is 0.545 e. The minimum atomic E-state index is -3.82. The number of carbonyl (C=O) groups is 1. The van der Waals surface area contributed by atoms with Gasteiger partial charge in [0.2, 0.25) is 10.0 Å². The Morgan fingerprint density at radius 1 is 1.47 bits per heavy atom. The lowest BCUT2D eigenvalue weighted by molar-refractivity contribution is -0.255. The highest BCUT2D eigenvalue weighted by Gasteiger charge is 2.15. The lowest BCUT2D eigenvalue weighted by atomic mass is 10.2. The van der Waals surface area contributed by atoms with Crippen LogP contribution in [0.4, 0.5) is 0 Å². The molecule has 0 fully saturated rings. The summed E-state index contributed by atoms with van der Waals surface area (Å²) < 4.78 is 25.6. The molecular weight excluding hydrogens is 314 g/mol. The van der Waals surface area contributed by atoms with Crippen LogP contribution in [0.2, 0.25) is 0 Å². The highest BCUT2D eigenvalue weighted by atomic mass is 79.9. The molecule has 0 aromatic heterocycles. The van der Waals surface area contributed by atoms with Gasteiger partial charge in [0.25, 0.3) is 0 Å². The zero-order valence-corrected chi connectivity index (χ0v) is 10.9. The second-order valence-corrected chi connectivity index (χ2v) is 5.67. The number of aromatic carboxylic acids is 1. The van der Waals surface area contributed by atoms with Gasteiger partial charge in [-0.3, -0.25) is 0 Å². The van der Waals surface area contributed by atoms with Gasteiger partial charge in [-0.1, -0.05) is 15.9 Å². The van der Waals surface area contributed by atoms with Crippen LogP contribution < -0.4 is 9.83 Å². The van der Waals surface area contributed by atoms with Crippen molar-refractivity contribution in [3.8, 4) is 0 Å². The van der Waals surface area contributed by atoms with Gasteiger partial charge in [0.1, 0.15) is 0 Å². The van der Waals surface area contributed by atoms with Crippen molar-refractivity contribution < 1.29 is 23.4 Å². The molecular formula is C9H9BrNO5S-. The van der Waals surface area contributed by atoms with Gasteiger partial charge < -0.3 is 15.0 Å². The fourth-order valence-electron chi connectivity index (χ4n) is 1.09. The predicted molar refractivity (Wildman–Crippen MR) is 60.7 cm³/mol. The first-order valence-electron chi connectivity index (χ1n) is 4.50. The van der Waals surface area contributed by atoms with E-state index in [4.69, 9.17) is 5.11 Å². The highest BCUT2D eigenvalue weighted by Crippen LogP contribution is 2.20. The number of sulfonamides is 1. The smallest absolute Gasteiger partial charge is 0.240 e. The molecule has 0 heterocycles. The Kier molecular flexibility index (Phi) is 4.63. The van der Waals surface area contributed by atoms with E-state index >= 15 is 0 Å². The summed E-state index contributed by atoms with van der Waals surface area (Å²) in [5, 5.41) is 19.2. The summed E-state index contributed by atoms with van der Waals surface area (Å²) in [4.78, 5) is 10.5. The number of hydrogen-bond donors (Lipinski definition) is 2. The molecule has 1 rings (SSSR count). The molecule has 0 spiro atoms. The number of carbonyl (C=O) groups excluding carboxylic acids is 1. The van der Waals surface area contributed by atoms with Crippen LogP contribution >= 0.6 is 15.9 Å². The zero-order valence-electron chi connectivity index (χ0n) is 8.51. The molecule has 0 aliphatic carbocycles. The SMILES string of the molecule is O=C([O-])c1cc(S(=O)(=O)NCCO)ccc1Br. The summed E-state index contributed by atoms with van der Waals surface area (Å²) in [6, 6.07) is 3.54. The van der Waals surface area contributed by atoms with Crippen molar-refractivity contribution in [2.45, 2.75) is 4.90 Å². The lowest BCUT2D eigenvalue weighted by Crippen LogP contribution is -2.28. The van der Waals surface area contributed by atoms with Crippen molar-refractivity contribution in [1.29, 1.82) is 0 Å². The molecule has 0 saturated heterocycles. The Hall–Kier alpha value is -0.960. The molecule has 1 aromatic rings. The topological polar surface area (TPSA) is 107 Å². The molecule has 94 valence electrons. The van der Waals surface area contributed by atoms with Crippen LogP contribution in [0.1, 0.15) is 10.4 Å². The molecule has 2 N–H and O–H groups in total. The first-order valence-corrected chi connectivity index (χ1v) is 6.77. The Bertz CT molecular complexity index is 528. The number of carboxylic acid groups (broad SMARTS) is 1. The molecule has 17 heavy (non-hydrogen) atoms. The number of nitrogens with one attached hydrogen (secondary N) is 1. The normalized spacial score (nSPS) is 11.4. The van der Waals surface area contributed by atoms with Gasteiger partial charge in [0.15, 0.2) is 0 Å². The molecule has 6 nitrogen and oxygen atoms in total. The van der Waals surface area contributed by atoms with E-state index in [0.29, 0.717) is 0 Å². The summed E-state index contributed by atoms with van der Waals surface area (Å²) >= 11 is 2.97. The van der Waals surface area contributed by atoms with Gasteiger partial charge in [0, 0.05) is 16.6 Å². The number of benzene rings is 1. The molecule has 0 bridgehead atoms. The summed E-state index contributed by atoms with van der Waals surface area (Å²) in [7, 11) is -3.82. The maximum atomic E-state index is 11.6. The van der Waals surface area contributed by atoms with Gasteiger partial charge in [-0.05, 0) is 18.2 Å². The van der Waals surface area contributed by atoms with Crippen LogP contribution in [0.5, 0.6) is 0 Å². The quantitative estimate of drug-likeness (QED) is 0.729. The second-order valence-electron chi connectivity index (χ2n) is 3.05. The molecule has 0 aliphatic heterocycles. The fraction of sp³-hybridized carbons (Fsp3) is 0.222. The van der Waals surface area contributed by atoms with Gasteiger partial charge in [-0.2, -0.15) is 0 Å². The predicted octanol–water partition coefficient (Wildman–Crippen LogP) is -0.917. The molecule has 0 amide bonds. The number of aliphatic hydroxyl groups is 1. The molecule has 0 saturated carbocycles. The van der Waals surface area contributed by atoms with Crippen LogP contribution in [0.25, 0.3) is 0 Å². The van der Waals surface area contributed by atoms with Gasteiger partial charge in [0.05, 0.1) is 17.5 Å². The number of rotatable bonds is 5. The molecule has 0 radical (unpaired) electrons. The average molecular weight is 323 g/mol. The van der Waals surface area contributed by atoms with E-state index in [1.165, 1.54) is 12.1 Å². The number of aliphatic hydroxyl groups excluding tert-OH is 1. The van der Waals surface area contributed by atoms with E-state index in [-0.39, 0.29) is 28.1 Å². The summed E-state index contributed by atoms with van der Waals surface area (Å²) in [6.45, 7) is -0.484. The van der Waals surface area contributed by atoms with Crippen molar-refractivity contribution in [2.24, 2.45) is 0 Å². The fourth-order valence-corrected chi connectivity index (χ4v) is 2.55. The Morgan fingerprint density at radius 3 is 2.65 bits per heavy atom. The number of carboxylic acids is 1. The van der Waals surface area contributed by atoms with Crippen molar-refractivity contribution in [3.63, 3.8) is 0 Å². The summed E-state index contributed by atoms with van der Waals surface area (Å²) in [5.74, 6) is -1.48. The van der Waals surface area contributed by atoms with E-state index in [2.05, 4.69) is 20.7 Å². The van der Waals surface area contributed by atoms with E-state index < -0.39 is 16.0 Å². The minimum absolute atomic E-state index is 0.140. The minimum Gasteiger partial charge on any atom is -0.545 e. The first-order chi connectivity index (χ1) is 7.88. The maximum Gasteiger partial charge on any atom is 0.240 e. The third kappa shape index (κ3) is 3.50. The zero-order chi connectivity index (χ0) is 13.1. The lowest BCUT2D eigenvalue weighted by Gasteiger charge is -2.09. The Morgan fingerprint density at radius 2 is 2.12 bits per heavy atom. The van der Waals surface area contributed by atoms with Crippen molar-refractivity contribution >= 4 is 31.9 Å². The van der Waals surface area contributed by atoms with Crippen LogP contribution in [0.3, 0.4) is 0 Å². The second kappa shape index (κ2) is 5.58. The third-order valence-electron chi connectivity index (χ3n) is 1.87. The standard InChI is InChI=1S/C9H10BrNO5S/c10-8-2-1-6(5-7(8)9(13)14)17(15,16)11-3-4-12/h1-2,5,11-12H,3-4H2,(H,13,14)/p-1. The summed E-state index contributed by atoms with van der Waals surface area (Å²) in [5.41, 5.74) is -0.253. The van der Waals surface area contributed by atoms with Crippen LogP contribution in [-0.2, 0) is 10.0 Å². The first kappa shape index (κ1) is 14.1. The van der Waals surface area contributed by atoms with Crippen LogP contribution in [0, 0.1) is 0 Å². The van der Waals surface area contributed by atoms with Crippen molar-refractivity contribution in [2.75, 3.05) is 13.2 Å². The molecule has 0 unspecified atom stereocenters. The summed E-state index contributed by atoms with van der Waals surface area (Å²) in [6.07, 6.45) is 0. The molecule has 1 aromatic carbocycles. The van der Waals surface area contributed by atoms with Crippen molar-refractivity contribution in [3.05, 3.63) is 28.2 Å². The van der Waals surface area contributed by atoms with Gasteiger partial charge >= 0.3 is 0 Å². The monoisotopic (exact) mass is 322 g/mol. The molecule has 0 aliphatic rings. The highest BCUT2D eigenvalue weighted by molar-refractivity contribution is 9.10. The third-order valence-corrected chi connectivity index (χ3v) is 4.02. The Balaban J connectivity index is 3.16. The van der Waals surface area contributed by atoms with E-state index in [9.17, 15) is 18.3 Å². The van der Waals surface area contributed by atoms with E-state index in [0.717, 1.165) is 6.07 Å².